The second-order valence-corrected chi connectivity index (χ2v) is 7.24. The Kier molecular flexibility index (Phi) is 6.02. The summed E-state index contributed by atoms with van der Waals surface area (Å²) in [5.74, 6) is 0.916. The number of methoxy groups -OCH3 is 1. The van der Waals surface area contributed by atoms with Crippen molar-refractivity contribution in [2.45, 2.75) is 18.4 Å². The highest BCUT2D eigenvalue weighted by Gasteiger charge is 2.18. The highest BCUT2D eigenvalue weighted by Crippen LogP contribution is 2.23. The molecule has 1 aromatic carbocycles. The van der Waals surface area contributed by atoms with Crippen molar-refractivity contribution < 1.29 is 9.53 Å². The Morgan fingerprint density at radius 1 is 1.21 bits per heavy atom. The van der Waals surface area contributed by atoms with E-state index in [1.54, 1.807) is 38.4 Å². The topological polar surface area (TPSA) is 108 Å². The van der Waals surface area contributed by atoms with Gasteiger partial charge >= 0.3 is 5.69 Å². The van der Waals surface area contributed by atoms with Crippen LogP contribution in [0.4, 0.5) is 5.69 Å². The van der Waals surface area contributed by atoms with E-state index in [9.17, 15) is 14.4 Å². The number of hydrogen-bond acceptors (Lipinski definition) is 7. The average molecular weight is 415 g/mol. The van der Waals surface area contributed by atoms with Crippen molar-refractivity contribution in [2.24, 2.45) is 14.1 Å². The lowest BCUT2D eigenvalue weighted by atomic mass is 10.3. The maximum Gasteiger partial charge on any atom is 0.332 e. The Morgan fingerprint density at radius 3 is 2.66 bits per heavy atom. The maximum atomic E-state index is 12.7. The number of anilines is 1. The number of carbonyl (C=O) groups excluding carboxylic acids is 1. The first kappa shape index (κ1) is 20.6. The van der Waals surface area contributed by atoms with Gasteiger partial charge in [0, 0.05) is 32.3 Å². The quantitative estimate of drug-likeness (QED) is 0.478. The standard InChI is InChI=1S/C19H21N5O4S/c1-5-13-21-16-15(18(26)24(3)19(27)23(16)2)17(22-13)29-10-14(25)20-11-7-6-8-12(9-11)28-4/h6-9H,5,10H2,1-4H3,(H,20,25). The van der Waals surface area contributed by atoms with Gasteiger partial charge in [-0.25, -0.2) is 14.8 Å². The van der Waals surface area contributed by atoms with Gasteiger partial charge in [-0.1, -0.05) is 24.8 Å². The van der Waals surface area contributed by atoms with Crippen LogP contribution in [0.15, 0.2) is 38.9 Å². The molecule has 1 N–H and O–H groups in total. The fourth-order valence-corrected chi connectivity index (χ4v) is 3.60. The van der Waals surface area contributed by atoms with Gasteiger partial charge in [-0.2, -0.15) is 0 Å². The summed E-state index contributed by atoms with van der Waals surface area (Å²) < 4.78 is 7.48. The Bertz CT molecular complexity index is 1200. The zero-order chi connectivity index (χ0) is 21.1. The number of nitrogens with one attached hydrogen (secondary N) is 1. The van der Waals surface area contributed by atoms with E-state index in [-0.39, 0.29) is 22.7 Å². The molecule has 0 bridgehead atoms. The number of aromatic nitrogens is 4. The fourth-order valence-electron chi connectivity index (χ4n) is 2.77. The SMILES string of the molecule is CCc1nc(SCC(=O)Nc2cccc(OC)c2)c2c(=O)n(C)c(=O)n(C)c2n1. The van der Waals surface area contributed by atoms with Crippen molar-refractivity contribution in [1.82, 2.24) is 19.1 Å². The van der Waals surface area contributed by atoms with Gasteiger partial charge in [-0.3, -0.25) is 18.7 Å². The summed E-state index contributed by atoms with van der Waals surface area (Å²) in [6.07, 6.45) is 0.531. The normalized spacial score (nSPS) is 10.9. The number of benzene rings is 1. The predicted octanol–water partition coefficient (Wildman–Crippen LogP) is 1.33. The number of ether oxygens (including phenoxy) is 1. The molecule has 2 aromatic heterocycles. The van der Waals surface area contributed by atoms with Gasteiger partial charge in [-0.15, -0.1) is 0 Å². The van der Waals surface area contributed by atoms with Gasteiger partial charge in [0.1, 0.15) is 22.0 Å². The van der Waals surface area contributed by atoms with Crippen molar-refractivity contribution in [3.8, 4) is 5.75 Å². The van der Waals surface area contributed by atoms with Crippen molar-refractivity contribution >= 4 is 34.4 Å². The lowest BCUT2D eigenvalue weighted by molar-refractivity contribution is -0.113. The van der Waals surface area contributed by atoms with Crippen LogP contribution < -0.4 is 21.3 Å². The molecule has 0 unspecified atom stereocenters. The first-order valence-electron chi connectivity index (χ1n) is 8.89. The van der Waals surface area contributed by atoms with Crippen LogP contribution in [0.5, 0.6) is 5.75 Å². The van der Waals surface area contributed by atoms with E-state index in [0.717, 1.165) is 16.3 Å². The molecule has 0 aliphatic carbocycles. The third kappa shape index (κ3) is 4.16. The van der Waals surface area contributed by atoms with Gasteiger partial charge in [-0.05, 0) is 12.1 Å². The zero-order valence-corrected chi connectivity index (χ0v) is 17.4. The van der Waals surface area contributed by atoms with Gasteiger partial charge < -0.3 is 10.1 Å². The first-order chi connectivity index (χ1) is 13.8. The lowest BCUT2D eigenvalue weighted by Crippen LogP contribution is -2.37. The minimum absolute atomic E-state index is 0.0402. The summed E-state index contributed by atoms with van der Waals surface area (Å²) >= 11 is 1.13. The smallest absolute Gasteiger partial charge is 0.332 e. The predicted molar refractivity (Wildman–Crippen MR) is 112 cm³/mol. The molecular formula is C19H21N5O4S. The summed E-state index contributed by atoms with van der Waals surface area (Å²) in [7, 11) is 4.51. The molecule has 0 aliphatic heterocycles. The van der Waals surface area contributed by atoms with Crippen LogP contribution in [0.2, 0.25) is 0 Å². The number of thioether (sulfide) groups is 1. The average Bonchev–Trinajstić information content (AvgIpc) is 2.74. The molecule has 3 rings (SSSR count). The molecule has 0 atom stereocenters. The highest BCUT2D eigenvalue weighted by atomic mass is 32.2. The lowest BCUT2D eigenvalue weighted by Gasteiger charge is -2.11. The van der Waals surface area contributed by atoms with E-state index >= 15 is 0 Å². The van der Waals surface area contributed by atoms with E-state index < -0.39 is 11.2 Å². The Morgan fingerprint density at radius 2 is 1.97 bits per heavy atom. The molecule has 0 saturated heterocycles. The molecule has 0 fully saturated rings. The van der Waals surface area contributed by atoms with E-state index in [0.29, 0.717) is 28.7 Å². The van der Waals surface area contributed by atoms with Crippen LogP contribution in [0.25, 0.3) is 11.0 Å². The number of rotatable bonds is 6. The van der Waals surface area contributed by atoms with Gasteiger partial charge in [0.15, 0.2) is 5.65 Å². The number of fused-ring (bicyclic) bond motifs is 1. The number of hydrogen-bond donors (Lipinski definition) is 1. The molecule has 1 amide bonds. The molecule has 3 aromatic rings. The molecule has 0 radical (unpaired) electrons. The number of amides is 1. The Balaban J connectivity index is 1.92. The van der Waals surface area contributed by atoms with E-state index in [4.69, 9.17) is 4.74 Å². The first-order valence-corrected chi connectivity index (χ1v) is 9.87. The minimum Gasteiger partial charge on any atom is -0.497 e. The largest absolute Gasteiger partial charge is 0.497 e. The number of carbonyl (C=O) groups is 1. The molecule has 0 saturated carbocycles. The monoisotopic (exact) mass is 415 g/mol. The summed E-state index contributed by atoms with van der Waals surface area (Å²) in [6.45, 7) is 1.88. The van der Waals surface area contributed by atoms with Crippen LogP contribution in [-0.2, 0) is 25.3 Å². The second-order valence-electron chi connectivity index (χ2n) is 6.27. The van der Waals surface area contributed by atoms with Crippen molar-refractivity contribution in [2.75, 3.05) is 18.2 Å². The molecule has 152 valence electrons. The molecule has 10 heteroatoms. The van der Waals surface area contributed by atoms with Gasteiger partial charge in [0.25, 0.3) is 5.56 Å². The number of nitrogens with zero attached hydrogens (tertiary/aromatic N) is 4. The molecule has 0 spiro atoms. The van der Waals surface area contributed by atoms with Crippen LogP contribution in [0, 0.1) is 0 Å². The van der Waals surface area contributed by atoms with Gasteiger partial charge in [0.05, 0.1) is 12.9 Å². The summed E-state index contributed by atoms with van der Waals surface area (Å²) in [6, 6.07) is 7.02. The zero-order valence-electron chi connectivity index (χ0n) is 16.6. The summed E-state index contributed by atoms with van der Waals surface area (Å²) in [5.41, 5.74) is -0.0767. The van der Waals surface area contributed by atoms with E-state index in [1.807, 2.05) is 6.92 Å². The molecule has 2 heterocycles. The van der Waals surface area contributed by atoms with Crippen molar-refractivity contribution in [3.63, 3.8) is 0 Å². The maximum absolute atomic E-state index is 12.7. The molecule has 29 heavy (non-hydrogen) atoms. The van der Waals surface area contributed by atoms with E-state index in [2.05, 4.69) is 15.3 Å². The van der Waals surface area contributed by atoms with E-state index in [1.165, 1.54) is 11.6 Å². The summed E-state index contributed by atoms with van der Waals surface area (Å²) in [4.78, 5) is 46.0. The van der Waals surface area contributed by atoms with Crippen LogP contribution in [0.1, 0.15) is 12.7 Å². The highest BCUT2D eigenvalue weighted by molar-refractivity contribution is 8.00. The molecular weight excluding hydrogens is 394 g/mol. The van der Waals surface area contributed by atoms with Crippen LogP contribution in [0.3, 0.4) is 0 Å². The summed E-state index contributed by atoms with van der Waals surface area (Å²) in [5, 5.41) is 3.39. The molecule has 0 aliphatic rings. The van der Waals surface area contributed by atoms with Crippen LogP contribution in [-0.4, -0.2) is 37.9 Å². The third-order valence-corrected chi connectivity index (χ3v) is 5.30. The van der Waals surface area contributed by atoms with Gasteiger partial charge in [0.2, 0.25) is 5.91 Å². The van der Waals surface area contributed by atoms with Crippen molar-refractivity contribution in [1.29, 1.82) is 0 Å². The number of aryl methyl sites for hydroxylation is 2. The van der Waals surface area contributed by atoms with Crippen LogP contribution >= 0.6 is 11.8 Å². The Labute approximate surface area is 170 Å². The minimum atomic E-state index is -0.485. The third-order valence-electron chi connectivity index (χ3n) is 4.32. The second kappa shape index (κ2) is 8.48. The molecule has 9 nitrogen and oxygen atoms in total. The fraction of sp³-hybridized carbons (Fsp3) is 0.316. The van der Waals surface area contributed by atoms with Crippen molar-refractivity contribution in [3.05, 3.63) is 50.9 Å². The Hall–Kier alpha value is -3.14.